The number of amides is 3. The second kappa shape index (κ2) is 11.8. The summed E-state index contributed by atoms with van der Waals surface area (Å²) in [5.74, 6) is -0.00917. The zero-order chi connectivity index (χ0) is 21.9. The lowest BCUT2D eigenvalue weighted by atomic mass is 10.2. The number of hydrogen-bond donors (Lipinski definition) is 3. The largest absolute Gasteiger partial charge is 0.494 e. The van der Waals surface area contributed by atoms with Crippen LogP contribution in [-0.2, 0) is 9.59 Å². The van der Waals surface area contributed by atoms with E-state index in [1.165, 1.54) is 0 Å². The molecule has 3 N–H and O–H groups in total. The smallest absolute Gasteiger partial charge is 0.279 e. The molecule has 8 nitrogen and oxygen atoms in total. The Morgan fingerprint density at radius 2 is 1.60 bits per heavy atom. The van der Waals surface area contributed by atoms with Crippen LogP contribution in [0.1, 0.15) is 30.6 Å². The summed E-state index contributed by atoms with van der Waals surface area (Å²) in [6, 6.07) is 13.7. The van der Waals surface area contributed by atoms with E-state index in [4.69, 9.17) is 9.47 Å². The van der Waals surface area contributed by atoms with E-state index in [1.54, 1.807) is 55.5 Å². The Bertz CT molecular complexity index is 856. The quantitative estimate of drug-likeness (QED) is 0.481. The minimum atomic E-state index is -0.819. The first-order chi connectivity index (χ1) is 14.4. The number of carbonyl (C=O) groups excluding carboxylic acids is 3. The molecule has 2 aromatic rings. The molecular formula is C21H24BrN3O5. The minimum Gasteiger partial charge on any atom is -0.494 e. The van der Waals surface area contributed by atoms with Gasteiger partial charge in [0, 0.05) is 23.0 Å². The van der Waals surface area contributed by atoms with Gasteiger partial charge >= 0.3 is 0 Å². The number of hydrazine groups is 1. The van der Waals surface area contributed by atoms with E-state index >= 15 is 0 Å². The van der Waals surface area contributed by atoms with Gasteiger partial charge in [-0.15, -0.1) is 0 Å². The van der Waals surface area contributed by atoms with Crippen LogP contribution in [0.2, 0.25) is 0 Å². The van der Waals surface area contributed by atoms with Gasteiger partial charge in [-0.3, -0.25) is 25.2 Å². The van der Waals surface area contributed by atoms with Crippen LogP contribution in [0.5, 0.6) is 11.5 Å². The third-order valence-electron chi connectivity index (χ3n) is 3.89. The molecule has 2 rings (SSSR count). The molecule has 160 valence electrons. The molecule has 0 aliphatic heterocycles. The summed E-state index contributed by atoms with van der Waals surface area (Å²) in [4.78, 5) is 35.9. The second-order valence-corrected chi connectivity index (χ2v) is 7.13. The minimum absolute atomic E-state index is 0.0106. The average Bonchev–Trinajstić information content (AvgIpc) is 2.74. The fraction of sp³-hybridized carbons (Fsp3) is 0.286. The number of benzene rings is 2. The lowest BCUT2D eigenvalue weighted by Gasteiger charge is -2.15. The van der Waals surface area contributed by atoms with Gasteiger partial charge in [-0.2, -0.15) is 0 Å². The van der Waals surface area contributed by atoms with Gasteiger partial charge in [0.25, 0.3) is 11.8 Å². The Labute approximate surface area is 183 Å². The van der Waals surface area contributed by atoms with Crippen LogP contribution in [0.25, 0.3) is 0 Å². The molecule has 1 unspecified atom stereocenters. The lowest BCUT2D eigenvalue weighted by molar-refractivity contribution is -0.132. The molecule has 0 spiro atoms. The molecule has 3 amide bonds. The van der Waals surface area contributed by atoms with Gasteiger partial charge < -0.3 is 14.8 Å². The van der Waals surface area contributed by atoms with E-state index in [0.29, 0.717) is 23.7 Å². The van der Waals surface area contributed by atoms with Crippen molar-refractivity contribution in [3.8, 4) is 11.5 Å². The molecule has 0 heterocycles. The van der Waals surface area contributed by atoms with E-state index in [0.717, 1.165) is 4.47 Å². The van der Waals surface area contributed by atoms with Gasteiger partial charge in [-0.25, -0.2) is 0 Å². The highest BCUT2D eigenvalue weighted by Crippen LogP contribution is 2.18. The third-order valence-corrected chi connectivity index (χ3v) is 4.41. The molecule has 0 bridgehead atoms. The molecule has 2 aromatic carbocycles. The molecule has 0 saturated carbocycles. The van der Waals surface area contributed by atoms with Crippen LogP contribution in [0.15, 0.2) is 53.0 Å². The van der Waals surface area contributed by atoms with Gasteiger partial charge in [0.15, 0.2) is 6.10 Å². The molecule has 0 aliphatic rings. The number of nitrogens with one attached hydrogen (secondary N) is 3. The summed E-state index contributed by atoms with van der Waals surface area (Å²) in [6.07, 6.45) is -0.809. The third kappa shape index (κ3) is 7.75. The standard InChI is InChI=1S/C21H24BrN3O5/c1-3-29-17-8-10-18(11-9-17)30-14(2)20(27)25-24-19(26)12-13-23-21(28)15-4-6-16(22)7-5-15/h4-11,14H,3,12-13H2,1-2H3,(H,23,28)(H,24,26)(H,25,27). The van der Waals surface area contributed by atoms with Gasteiger partial charge in [0.2, 0.25) is 5.91 Å². The van der Waals surface area contributed by atoms with Crippen molar-refractivity contribution in [2.45, 2.75) is 26.4 Å². The van der Waals surface area contributed by atoms with Crippen LogP contribution in [0, 0.1) is 0 Å². The van der Waals surface area contributed by atoms with E-state index in [1.807, 2.05) is 6.92 Å². The number of ether oxygens (including phenoxy) is 2. The predicted molar refractivity (Wildman–Crippen MR) is 115 cm³/mol. The van der Waals surface area contributed by atoms with Crippen molar-refractivity contribution < 1.29 is 23.9 Å². The normalized spacial score (nSPS) is 11.2. The molecule has 0 aromatic heterocycles. The first kappa shape index (κ1) is 23.2. The topological polar surface area (TPSA) is 106 Å². The van der Waals surface area contributed by atoms with E-state index in [-0.39, 0.29) is 18.9 Å². The van der Waals surface area contributed by atoms with Crippen molar-refractivity contribution in [1.82, 2.24) is 16.2 Å². The monoisotopic (exact) mass is 477 g/mol. The van der Waals surface area contributed by atoms with Crippen molar-refractivity contribution in [2.24, 2.45) is 0 Å². The van der Waals surface area contributed by atoms with E-state index in [2.05, 4.69) is 32.1 Å². The average molecular weight is 478 g/mol. The van der Waals surface area contributed by atoms with Crippen LogP contribution in [0.4, 0.5) is 0 Å². The number of rotatable bonds is 9. The number of hydrogen-bond acceptors (Lipinski definition) is 5. The summed E-state index contributed by atoms with van der Waals surface area (Å²) >= 11 is 3.30. The van der Waals surface area contributed by atoms with Gasteiger partial charge in [0.05, 0.1) is 6.61 Å². The molecule has 1 atom stereocenters. The highest BCUT2D eigenvalue weighted by Gasteiger charge is 2.15. The summed E-state index contributed by atoms with van der Waals surface area (Å²) in [7, 11) is 0. The fourth-order valence-electron chi connectivity index (χ4n) is 2.33. The zero-order valence-electron chi connectivity index (χ0n) is 16.7. The van der Waals surface area contributed by atoms with Crippen LogP contribution in [-0.4, -0.2) is 37.0 Å². The maximum Gasteiger partial charge on any atom is 0.279 e. The fourth-order valence-corrected chi connectivity index (χ4v) is 2.59. The van der Waals surface area contributed by atoms with Crippen LogP contribution < -0.4 is 25.6 Å². The van der Waals surface area contributed by atoms with Gasteiger partial charge in [-0.05, 0) is 62.4 Å². The van der Waals surface area contributed by atoms with E-state index < -0.39 is 17.9 Å². The van der Waals surface area contributed by atoms with Crippen molar-refractivity contribution in [3.63, 3.8) is 0 Å². The summed E-state index contributed by atoms with van der Waals surface area (Å²) in [5, 5.41) is 2.64. The molecule has 9 heteroatoms. The molecule has 30 heavy (non-hydrogen) atoms. The highest BCUT2D eigenvalue weighted by atomic mass is 79.9. The second-order valence-electron chi connectivity index (χ2n) is 6.21. The van der Waals surface area contributed by atoms with Crippen molar-refractivity contribution in [2.75, 3.05) is 13.2 Å². The number of carbonyl (C=O) groups is 3. The van der Waals surface area contributed by atoms with Gasteiger partial charge in [-0.1, -0.05) is 15.9 Å². The maximum atomic E-state index is 12.1. The Morgan fingerprint density at radius 3 is 2.23 bits per heavy atom. The molecule has 0 fully saturated rings. The van der Waals surface area contributed by atoms with Crippen LogP contribution in [0.3, 0.4) is 0 Å². The lowest BCUT2D eigenvalue weighted by Crippen LogP contribution is -2.47. The van der Waals surface area contributed by atoms with Gasteiger partial charge in [0.1, 0.15) is 11.5 Å². The Morgan fingerprint density at radius 1 is 0.967 bits per heavy atom. The SMILES string of the molecule is CCOc1ccc(OC(C)C(=O)NNC(=O)CCNC(=O)c2ccc(Br)cc2)cc1. The summed E-state index contributed by atoms with van der Waals surface area (Å²) in [6.45, 7) is 4.15. The molecule has 0 saturated heterocycles. The highest BCUT2D eigenvalue weighted by molar-refractivity contribution is 9.10. The van der Waals surface area contributed by atoms with Crippen molar-refractivity contribution in [1.29, 1.82) is 0 Å². The first-order valence-corrected chi connectivity index (χ1v) is 10.2. The summed E-state index contributed by atoms with van der Waals surface area (Å²) < 4.78 is 11.7. The number of halogens is 1. The molecule has 0 radical (unpaired) electrons. The first-order valence-electron chi connectivity index (χ1n) is 9.41. The maximum absolute atomic E-state index is 12.1. The summed E-state index contributed by atoms with van der Waals surface area (Å²) in [5.41, 5.74) is 5.10. The van der Waals surface area contributed by atoms with E-state index in [9.17, 15) is 14.4 Å². The molecular weight excluding hydrogens is 454 g/mol. The van der Waals surface area contributed by atoms with Crippen molar-refractivity contribution >= 4 is 33.7 Å². The van der Waals surface area contributed by atoms with Crippen molar-refractivity contribution in [3.05, 3.63) is 58.6 Å². The zero-order valence-corrected chi connectivity index (χ0v) is 18.3. The predicted octanol–water partition coefficient (Wildman–Crippen LogP) is 2.58. The Hall–Kier alpha value is -3.07. The Kier molecular flexibility index (Phi) is 9.14. The molecule has 0 aliphatic carbocycles. The van der Waals surface area contributed by atoms with Crippen LogP contribution >= 0.6 is 15.9 Å². The Balaban J connectivity index is 1.67.